The summed E-state index contributed by atoms with van der Waals surface area (Å²) in [5.74, 6) is 1.41. The summed E-state index contributed by atoms with van der Waals surface area (Å²) in [5.41, 5.74) is 2.92. The molecule has 0 spiro atoms. The largest absolute Gasteiger partial charge is 0.492 e. The number of thioether (sulfide) groups is 1. The molecule has 1 aliphatic rings. The Morgan fingerprint density at radius 3 is 2.50 bits per heavy atom. The van der Waals surface area contributed by atoms with E-state index in [-0.39, 0.29) is 5.70 Å². The van der Waals surface area contributed by atoms with E-state index in [1.54, 1.807) is 17.8 Å². The number of carbonyl (C=O) groups is 1. The molecule has 4 rings (SSSR count). The Labute approximate surface area is 180 Å². The van der Waals surface area contributed by atoms with Gasteiger partial charge in [-0.3, -0.25) is 0 Å². The number of nitrogens with zero attached hydrogens (tertiary/aromatic N) is 1. The van der Waals surface area contributed by atoms with Crippen LogP contribution in [0.25, 0.3) is 6.08 Å². The van der Waals surface area contributed by atoms with Crippen molar-refractivity contribution >= 4 is 29.7 Å². The number of aryl methyl sites for hydroxylation is 1. The lowest BCUT2D eigenvalue weighted by molar-refractivity contribution is -0.129. The van der Waals surface area contributed by atoms with Gasteiger partial charge in [0.1, 0.15) is 5.75 Å². The number of carbonyl (C=O) groups excluding carboxylic acids is 1. The van der Waals surface area contributed by atoms with Crippen molar-refractivity contribution in [3.63, 3.8) is 0 Å². The number of hydrogen-bond acceptors (Lipinski definition) is 5. The molecule has 5 heteroatoms. The van der Waals surface area contributed by atoms with Crippen LogP contribution in [-0.2, 0) is 9.53 Å². The van der Waals surface area contributed by atoms with E-state index < -0.39 is 5.97 Å². The van der Waals surface area contributed by atoms with Gasteiger partial charge in [-0.15, -0.1) is 11.8 Å². The number of aliphatic imine (C=N–C) groups is 1. The first-order valence-corrected chi connectivity index (χ1v) is 10.7. The smallest absolute Gasteiger partial charge is 0.363 e. The molecular weight excluding hydrogens is 394 g/mol. The first kappa shape index (κ1) is 20.0. The molecule has 1 heterocycles. The molecule has 3 aromatic rings. The molecule has 1 aliphatic heterocycles. The van der Waals surface area contributed by atoms with Gasteiger partial charge in [0.15, 0.2) is 5.70 Å². The van der Waals surface area contributed by atoms with Gasteiger partial charge in [-0.25, -0.2) is 9.79 Å². The molecule has 150 valence electrons. The van der Waals surface area contributed by atoms with Crippen molar-refractivity contribution in [3.05, 3.63) is 101 Å². The maximum Gasteiger partial charge on any atom is 0.363 e. The Kier molecular flexibility index (Phi) is 6.30. The molecule has 0 saturated carbocycles. The third-order valence-corrected chi connectivity index (χ3v) is 5.43. The number of esters is 1. The molecule has 4 nitrogen and oxygen atoms in total. The van der Waals surface area contributed by atoms with Gasteiger partial charge in [0.05, 0.1) is 6.61 Å². The van der Waals surface area contributed by atoms with Crippen molar-refractivity contribution in [1.82, 2.24) is 0 Å². The Morgan fingerprint density at radius 2 is 1.73 bits per heavy atom. The molecule has 0 fully saturated rings. The molecule has 0 saturated heterocycles. The summed E-state index contributed by atoms with van der Waals surface area (Å²) in [6.45, 7) is 2.56. The van der Waals surface area contributed by atoms with Crippen molar-refractivity contribution < 1.29 is 14.3 Å². The van der Waals surface area contributed by atoms with Gasteiger partial charge in [0.2, 0.25) is 5.90 Å². The van der Waals surface area contributed by atoms with Crippen molar-refractivity contribution in [2.45, 2.75) is 11.8 Å². The molecule has 0 bridgehead atoms. The minimum Gasteiger partial charge on any atom is -0.492 e. The van der Waals surface area contributed by atoms with E-state index in [2.05, 4.69) is 17.1 Å². The van der Waals surface area contributed by atoms with Crippen LogP contribution in [0.2, 0.25) is 0 Å². The van der Waals surface area contributed by atoms with Crippen LogP contribution in [0.3, 0.4) is 0 Å². The van der Waals surface area contributed by atoms with E-state index in [9.17, 15) is 4.79 Å². The second-order valence-electron chi connectivity index (χ2n) is 6.75. The normalized spacial score (nSPS) is 14.5. The third-order valence-electron chi connectivity index (χ3n) is 4.45. The van der Waals surface area contributed by atoms with Gasteiger partial charge < -0.3 is 9.47 Å². The van der Waals surface area contributed by atoms with Crippen LogP contribution in [0.4, 0.5) is 0 Å². The first-order chi connectivity index (χ1) is 14.7. The van der Waals surface area contributed by atoms with Crippen molar-refractivity contribution in [2.24, 2.45) is 4.99 Å². The van der Waals surface area contributed by atoms with Crippen LogP contribution in [0.1, 0.15) is 16.7 Å². The minimum absolute atomic E-state index is 0.267. The summed E-state index contributed by atoms with van der Waals surface area (Å²) in [7, 11) is 0. The Morgan fingerprint density at radius 1 is 1.00 bits per heavy atom. The zero-order chi connectivity index (χ0) is 20.8. The molecule has 0 radical (unpaired) electrons. The fraction of sp³-hybridized carbons (Fsp3) is 0.120. The van der Waals surface area contributed by atoms with E-state index in [1.807, 2.05) is 73.7 Å². The zero-order valence-electron chi connectivity index (χ0n) is 16.6. The highest BCUT2D eigenvalue weighted by molar-refractivity contribution is 7.99. The Balaban J connectivity index is 1.49. The van der Waals surface area contributed by atoms with Gasteiger partial charge in [0.25, 0.3) is 0 Å². The Bertz CT molecular complexity index is 1090. The monoisotopic (exact) mass is 415 g/mol. The highest BCUT2D eigenvalue weighted by Gasteiger charge is 2.24. The third kappa shape index (κ3) is 4.99. The molecule has 0 amide bonds. The summed E-state index contributed by atoms with van der Waals surface area (Å²) in [4.78, 5) is 17.9. The zero-order valence-corrected chi connectivity index (χ0v) is 17.4. The number of ether oxygens (including phenoxy) is 2. The molecule has 3 aromatic carbocycles. The minimum atomic E-state index is -0.457. The summed E-state index contributed by atoms with van der Waals surface area (Å²) in [6.07, 6.45) is 1.73. The van der Waals surface area contributed by atoms with Gasteiger partial charge in [-0.1, -0.05) is 48.0 Å². The molecule has 0 atom stereocenters. The molecule has 0 unspecified atom stereocenters. The first-order valence-electron chi connectivity index (χ1n) is 9.68. The van der Waals surface area contributed by atoms with Crippen molar-refractivity contribution in [3.8, 4) is 5.75 Å². The van der Waals surface area contributed by atoms with E-state index >= 15 is 0 Å². The quantitative estimate of drug-likeness (QED) is 0.221. The molecule has 0 aliphatic carbocycles. The lowest BCUT2D eigenvalue weighted by atomic mass is 10.1. The Hall–Kier alpha value is -3.31. The van der Waals surface area contributed by atoms with Gasteiger partial charge in [-0.2, -0.15) is 0 Å². The second kappa shape index (κ2) is 9.46. The standard InChI is InChI=1S/C25H21NO3S/c1-18-12-13-23(28-14-15-30-21-10-6-3-7-11-21)20(16-18)17-22-25(27)29-24(26-22)19-8-4-2-5-9-19/h2-13,16-17H,14-15H2,1H3. The number of benzene rings is 3. The molecule has 30 heavy (non-hydrogen) atoms. The van der Waals surface area contributed by atoms with Gasteiger partial charge in [0, 0.05) is 21.8 Å². The molecule has 0 aromatic heterocycles. The maximum absolute atomic E-state index is 12.3. The fourth-order valence-corrected chi connectivity index (χ4v) is 3.75. The number of hydrogen-bond donors (Lipinski definition) is 0. The van der Waals surface area contributed by atoms with Crippen molar-refractivity contribution in [1.29, 1.82) is 0 Å². The van der Waals surface area contributed by atoms with E-state index in [4.69, 9.17) is 9.47 Å². The van der Waals surface area contributed by atoms with Gasteiger partial charge >= 0.3 is 5.97 Å². The van der Waals surface area contributed by atoms with Crippen LogP contribution in [0.15, 0.2) is 94.4 Å². The SMILES string of the molecule is Cc1ccc(OCCSc2ccccc2)c(C=C2N=C(c3ccccc3)OC2=O)c1. The van der Waals surface area contributed by atoms with Crippen LogP contribution in [0.5, 0.6) is 5.75 Å². The number of cyclic esters (lactones) is 1. The maximum atomic E-state index is 12.3. The fourth-order valence-electron chi connectivity index (χ4n) is 3.00. The van der Waals surface area contributed by atoms with E-state index in [0.29, 0.717) is 12.5 Å². The summed E-state index contributed by atoms with van der Waals surface area (Å²) < 4.78 is 11.4. The van der Waals surface area contributed by atoms with Crippen LogP contribution in [0, 0.1) is 6.92 Å². The second-order valence-corrected chi connectivity index (χ2v) is 7.92. The lowest BCUT2D eigenvalue weighted by Crippen LogP contribution is -2.05. The van der Waals surface area contributed by atoms with E-state index in [1.165, 1.54) is 4.90 Å². The predicted molar refractivity (Wildman–Crippen MR) is 121 cm³/mol. The lowest BCUT2D eigenvalue weighted by Gasteiger charge is -2.10. The van der Waals surface area contributed by atoms with Crippen LogP contribution < -0.4 is 4.74 Å². The summed E-state index contributed by atoms with van der Waals surface area (Å²) in [5, 5.41) is 0. The topological polar surface area (TPSA) is 47.9 Å². The number of rotatable bonds is 7. The summed E-state index contributed by atoms with van der Waals surface area (Å²) >= 11 is 1.74. The van der Waals surface area contributed by atoms with E-state index in [0.717, 1.165) is 28.2 Å². The molecule has 0 N–H and O–H groups in total. The highest BCUT2D eigenvalue weighted by Crippen LogP contribution is 2.26. The summed E-state index contributed by atoms with van der Waals surface area (Å²) in [6, 6.07) is 25.5. The van der Waals surface area contributed by atoms with Gasteiger partial charge in [-0.05, 0) is 49.4 Å². The highest BCUT2D eigenvalue weighted by atomic mass is 32.2. The van der Waals surface area contributed by atoms with Crippen LogP contribution >= 0.6 is 11.8 Å². The average Bonchev–Trinajstić information content (AvgIpc) is 3.14. The molecular formula is C25H21NO3S. The van der Waals surface area contributed by atoms with Crippen LogP contribution in [-0.4, -0.2) is 24.2 Å². The average molecular weight is 416 g/mol. The van der Waals surface area contributed by atoms with Crippen molar-refractivity contribution in [2.75, 3.05) is 12.4 Å². The predicted octanol–water partition coefficient (Wildman–Crippen LogP) is 5.51.